The van der Waals surface area contributed by atoms with Gasteiger partial charge >= 0.3 is 0 Å². The van der Waals surface area contributed by atoms with Crippen LogP contribution in [-0.2, 0) is 10.0 Å². The molecule has 4 nitrogen and oxygen atoms in total. The van der Waals surface area contributed by atoms with Crippen molar-refractivity contribution in [3.05, 3.63) is 24.3 Å². The molecule has 1 aromatic rings. The third-order valence-corrected chi connectivity index (χ3v) is 4.12. The van der Waals surface area contributed by atoms with Crippen LogP contribution in [0, 0.1) is 0 Å². The highest BCUT2D eigenvalue weighted by atomic mass is 32.2. The van der Waals surface area contributed by atoms with E-state index in [-0.39, 0.29) is 5.75 Å². The Balaban J connectivity index is 2.86. The highest BCUT2D eigenvalue weighted by molar-refractivity contribution is 7.92. The first-order valence-electron chi connectivity index (χ1n) is 6.26. The van der Waals surface area contributed by atoms with Crippen molar-refractivity contribution in [1.82, 2.24) is 0 Å². The van der Waals surface area contributed by atoms with Crippen molar-refractivity contribution in [2.45, 2.75) is 33.7 Å². The van der Waals surface area contributed by atoms with Gasteiger partial charge in [0.05, 0.1) is 5.75 Å². The summed E-state index contributed by atoms with van der Waals surface area (Å²) in [6.07, 6.45) is 0. The Hall–Kier alpha value is -1.23. The Morgan fingerprint density at radius 2 is 1.72 bits per heavy atom. The van der Waals surface area contributed by atoms with Gasteiger partial charge in [-0.2, -0.15) is 0 Å². The second-order valence-electron chi connectivity index (χ2n) is 4.43. The molecule has 0 radical (unpaired) electrons. The van der Waals surface area contributed by atoms with E-state index in [1.165, 1.54) is 0 Å². The highest BCUT2D eigenvalue weighted by Gasteiger charge is 2.09. The molecule has 0 atom stereocenters. The van der Waals surface area contributed by atoms with Gasteiger partial charge in [0.2, 0.25) is 10.0 Å². The van der Waals surface area contributed by atoms with Crippen LogP contribution >= 0.6 is 0 Å². The molecule has 0 aliphatic heterocycles. The van der Waals surface area contributed by atoms with Crippen LogP contribution in [0.1, 0.15) is 27.7 Å². The molecule has 0 aliphatic rings. The predicted molar refractivity (Wildman–Crippen MR) is 77.7 cm³/mol. The van der Waals surface area contributed by atoms with Gasteiger partial charge in [-0.05, 0) is 52.0 Å². The lowest BCUT2D eigenvalue weighted by Gasteiger charge is -2.27. The summed E-state index contributed by atoms with van der Waals surface area (Å²) in [7, 11) is -3.19. The van der Waals surface area contributed by atoms with Crippen LogP contribution in [0.25, 0.3) is 0 Å². The van der Waals surface area contributed by atoms with E-state index < -0.39 is 10.0 Å². The van der Waals surface area contributed by atoms with Crippen molar-refractivity contribution in [3.8, 4) is 0 Å². The largest absolute Gasteiger partial charge is 0.369 e. The number of sulfonamides is 1. The molecule has 0 aromatic heterocycles. The fourth-order valence-electron chi connectivity index (χ4n) is 1.82. The average molecular weight is 270 g/mol. The molecule has 1 rings (SSSR count). The van der Waals surface area contributed by atoms with Gasteiger partial charge < -0.3 is 4.90 Å². The van der Waals surface area contributed by atoms with Gasteiger partial charge in [0.1, 0.15) is 0 Å². The van der Waals surface area contributed by atoms with E-state index in [9.17, 15) is 8.42 Å². The Morgan fingerprint density at radius 3 is 2.11 bits per heavy atom. The molecule has 0 amide bonds. The van der Waals surface area contributed by atoms with Crippen LogP contribution in [0.2, 0.25) is 0 Å². The average Bonchev–Trinajstić information content (AvgIpc) is 2.31. The molecule has 0 fully saturated rings. The minimum atomic E-state index is -3.19. The molecular formula is C13H22N2O2S. The summed E-state index contributed by atoms with van der Waals surface area (Å²) in [4.78, 5) is 2.25. The van der Waals surface area contributed by atoms with Gasteiger partial charge in [0, 0.05) is 24.0 Å². The molecule has 1 aromatic carbocycles. The summed E-state index contributed by atoms with van der Waals surface area (Å²) in [5.41, 5.74) is 1.72. The maximum Gasteiger partial charge on any atom is 0.232 e. The van der Waals surface area contributed by atoms with Crippen LogP contribution in [0.15, 0.2) is 24.3 Å². The molecule has 0 spiro atoms. The molecule has 0 unspecified atom stereocenters. The summed E-state index contributed by atoms with van der Waals surface area (Å²) in [5.74, 6) is 0.0851. The number of rotatable bonds is 6. The molecule has 5 heteroatoms. The normalized spacial score (nSPS) is 11.6. The Bertz CT molecular complexity index is 466. The number of hydrogen-bond acceptors (Lipinski definition) is 3. The minimum absolute atomic E-state index is 0.0851. The Morgan fingerprint density at radius 1 is 1.17 bits per heavy atom. The van der Waals surface area contributed by atoms with Crippen molar-refractivity contribution in [2.24, 2.45) is 0 Å². The predicted octanol–water partition coefficient (Wildman–Crippen LogP) is 2.68. The van der Waals surface area contributed by atoms with E-state index >= 15 is 0 Å². The van der Waals surface area contributed by atoms with Gasteiger partial charge in [-0.1, -0.05) is 0 Å². The zero-order valence-electron chi connectivity index (χ0n) is 11.5. The first-order valence-corrected chi connectivity index (χ1v) is 7.92. The lowest BCUT2D eigenvalue weighted by atomic mass is 10.2. The molecule has 1 N–H and O–H groups in total. The van der Waals surface area contributed by atoms with Crippen molar-refractivity contribution in [3.63, 3.8) is 0 Å². The second-order valence-corrected chi connectivity index (χ2v) is 6.44. The second kappa shape index (κ2) is 6.09. The van der Waals surface area contributed by atoms with Crippen molar-refractivity contribution in [1.29, 1.82) is 0 Å². The quantitative estimate of drug-likeness (QED) is 0.864. The third-order valence-electron chi connectivity index (χ3n) is 2.82. The van der Waals surface area contributed by atoms with Crippen LogP contribution < -0.4 is 9.62 Å². The lowest BCUT2D eigenvalue weighted by molar-refractivity contribution is 0.602. The fourth-order valence-corrected chi connectivity index (χ4v) is 2.46. The number of nitrogens with zero attached hydrogens (tertiary/aromatic N) is 1. The SMILES string of the molecule is CCN(c1ccc(NS(=O)(=O)CC)cc1)C(C)C. The highest BCUT2D eigenvalue weighted by Crippen LogP contribution is 2.20. The topological polar surface area (TPSA) is 49.4 Å². The molecule has 0 aliphatic carbocycles. The molecule has 0 bridgehead atoms. The standard InChI is InChI=1S/C13H22N2O2S/c1-5-15(11(3)4)13-9-7-12(8-10-13)14-18(16,17)6-2/h7-11,14H,5-6H2,1-4H3. The fraction of sp³-hybridized carbons (Fsp3) is 0.538. The Kier molecular flexibility index (Phi) is 5.02. The summed E-state index contributed by atoms with van der Waals surface area (Å²) in [6.45, 7) is 8.92. The van der Waals surface area contributed by atoms with E-state index in [0.29, 0.717) is 11.7 Å². The molecule has 0 saturated carbocycles. The van der Waals surface area contributed by atoms with Crippen LogP contribution in [0.5, 0.6) is 0 Å². The maximum absolute atomic E-state index is 11.4. The summed E-state index contributed by atoms with van der Waals surface area (Å²) < 4.78 is 25.4. The molecule has 102 valence electrons. The maximum atomic E-state index is 11.4. The molecule has 0 heterocycles. The number of benzene rings is 1. The van der Waals surface area contributed by atoms with Gasteiger partial charge in [0.15, 0.2) is 0 Å². The van der Waals surface area contributed by atoms with E-state index in [2.05, 4.69) is 30.4 Å². The van der Waals surface area contributed by atoms with E-state index in [0.717, 1.165) is 12.2 Å². The van der Waals surface area contributed by atoms with E-state index in [1.807, 2.05) is 12.1 Å². The van der Waals surface area contributed by atoms with Gasteiger partial charge in [-0.3, -0.25) is 4.72 Å². The van der Waals surface area contributed by atoms with Crippen molar-refractivity contribution < 1.29 is 8.42 Å². The first kappa shape index (κ1) is 14.8. The zero-order valence-corrected chi connectivity index (χ0v) is 12.3. The van der Waals surface area contributed by atoms with Gasteiger partial charge in [-0.15, -0.1) is 0 Å². The number of hydrogen-bond donors (Lipinski definition) is 1. The van der Waals surface area contributed by atoms with E-state index in [4.69, 9.17) is 0 Å². The van der Waals surface area contributed by atoms with Crippen molar-refractivity contribution in [2.75, 3.05) is 21.9 Å². The van der Waals surface area contributed by atoms with Crippen molar-refractivity contribution >= 4 is 21.4 Å². The molecule has 18 heavy (non-hydrogen) atoms. The van der Waals surface area contributed by atoms with E-state index in [1.54, 1.807) is 19.1 Å². The molecule has 0 saturated heterocycles. The number of anilines is 2. The Labute approximate surface area is 110 Å². The third kappa shape index (κ3) is 3.91. The smallest absolute Gasteiger partial charge is 0.232 e. The number of nitrogens with one attached hydrogen (secondary N) is 1. The van der Waals surface area contributed by atoms with Crippen LogP contribution in [0.3, 0.4) is 0 Å². The monoisotopic (exact) mass is 270 g/mol. The summed E-state index contributed by atoms with van der Waals surface area (Å²) in [5, 5.41) is 0. The lowest BCUT2D eigenvalue weighted by Crippen LogP contribution is -2.30. The van der Waals surface area contributed by atoms with Crippen LogP contribution in [0.4, 0.5) is 11.4 Å². The van der Waals surface area contributed by atoms with Gasteiger partial charge in [0.25, 0.3) is 0 Å². The van der Waals surface area contributed by atoms with Crippen LogP contribution in [-0.4, -0.2) is 26.8 Å². The first-order chi connectivity index (χ1) is 8.39. The zero-order chi connectivity index (χ0) is 13.8. The summed E-state index contributed by atoms with van der Waals surface area (Å²) in [6, 6.07) is 7.91. The minimum Gasteiger partial charge on any atom is -0.369 e. The molecular weight excluding hydrogens is 248 g/mol. The van der Waals surface area contributed by atoms with Gasteiger partial charge in [-0.25, -0.2) is 8.42 Å². The summed E-state index contributed by atoms with van der Waals surface area (Å²) >= 11 is 0.